The molecule has 6 heteroatoms. The van der Waals surface area contributed by atoms with Crippen molar-refractivity contribution in [2.45, 2.75) is 18.3 Å². The lowest BCUT2D eigenvalue weighted by atomic mass is 9.93. The summed E-state index contributed by atoms with van der Waals surface area (Å²) < 4.78 is 27.2. The number of benzene rings is 2. The molecule has 2 fully saturated rings. The minimum absolute atomic E-state index is 0.0119. The van der Waals surface area contributed by atoms with Crippen LogP contribution >= 0.6 is 0 Å². The zero-order chi connectivity index (χ0) is 19.7. The third-order valence-corrected chi connectivity index (χ3v) is 5.74. The van der Waals surface area contributed by atoms with Gasteiger partial charge in [-0.3, -0.25) is 14.5 Å². The number of carbonyl (C=O) groups excluding carboxylic acids is 2. The Labute approximate surface area is 162 Å². The summed E-state index contributed by atoms with van der Waals surface area (Å²) in [5.74, 6) is -0.767. The van der Waals surface area contributed by atoms with Crippen LogP contribution in [0.4, 0.5) is 8.78 Å². The Kier molecular flexibility index (Phi) is 4.98. The van der Waals surface area contributed by atoms with Crippen LogP contribution in [0.3, 0.4) is 0 Å². The van der Waals surface area contributed by atoms with Gasteiger partial charge >= 0.3 is 0 Å². The first-order valence-electron chi connectivity index (χ1n) is 9.55. The van der Waals surface area contributed by atoms with E-state index in [0.29, 0.717) is 50.1 Å². The van der Waals surface area contributed by atoms with Crippen molar-refractivity contribution in [2.24, 2.45) is 0 Å². The van der Waals surface area contributed by atoms with Gasteiger partial charge < -0.3 is 4.90 Å². The molecule has 0 unspecified atom stereocenters. The fraction of sp³-hybridized carbons (Fsp3) is 0.364. The fourth-order valence-corrected chi connectivity index (χ4v) is 3.91. The monoisotopic (exact) mass is 384 g/mol. The smallest absolute Gasteiger partial charge is 0.233 e. The molecule has 4 rings (SSSR count). The molecule has 1 heterocycles. The SMILES string of the molecule is O=C(CN1CCN(C(=O)C2(c3ccccc3F)CC2)CC1)c1ccc(F)cc1. The van der Waals surface area contributed by atoms with E-state index in [2.05, 4.69) is 0 Å². The summed E-state index contributed by atoms with van der Waals surface area (Å²) in [5.41, 5.74) is 0.266. The predicted molar refractivity (Wildman–Crippen MR) is 101 cm³/mol. The zero-order valence-corrected chi connectivity index (χ0v) is 15.5. The van der Waals surface area contributed by atoms with Crippen LogP contribution in [-0.4, -0.2) is 54.2 Å². The number of carbonyl (C=O) groups is 2. The van der Waals surface area contributed by atoms with Gasteiger partial charge in [-0.1, -0.05) is 18.2 Å². The van der Waals surface area contributed by atoms with E-state index in [9.17, 15) is 18.4 Å². The summed E-state index contributed by atoms with van der Waals surface area (Å²) in [7, 11) is 0. The van der Waals surface area contributed by atoms with E-state index in [1.807, 2.05) is 4.90 Å². The van der Waals surface area contributed by atoms with Crippen LogP contribution in [0.25, 0.3) is 0 Å². The van der Waals surface area contributed by atoms with E-state index >= 15 is 0 Å². The highest BCUT2D eigenvalue weighted by atomic mass is 19.1. The van der Waals surface area contributed by atoms with Crippen molar-refractivity contribution in [1.82, 2.24) is 9.80 Å². The van der Waals surface area contributed by atoms with Gasteiger partial charge in [-0.15, -0.1) is 0 Å². The van der Waals surface area contributed by atoms with E-state index in [4.69, 9.17) is 0 Å². The van der Waals surface area contributed by atoms with Gasteiger partial charge in [0.1, 0.15) is 11.6 Å². The molecule has 1 aliphatic heterocycles. The largest absolute Gasteiger partial charge is 0.339 e. The van der Waals surface area contributed by atoms with Gasteiger partial charge in [-0.05, 0) is 43.2 Å². The topological polar surface area (TPSA) is 40.6 Å². The van der Waals surface area contributed by atoms with Gasteiger partial charge in [0, 0.05) is 37.3 Å². The molecule has 2 aliphatic rings. The molecule has 0 radical (unpaired) electrons. The maximum atomic E-state index is 14.2. The Morgan fingerprint density at radius 1 is 0.893 bits per heavy atom. The number of hydrogen-bond acceptors (Lipinski definition) is 3. The van der Waals surface area contributed by atoms with Crippen LogP contribution in [0, 0.1) is 11.6 Å². The van der Waals surface area contributed by atoms with Crippen LogP contribution in [0.2, 0.25) is 0 Å². The van der Waals surface area contributed by atoms with Crippen LogP contribution in [0.15, 0.2) is 48.5 Å². The van der Waals surface area contributed by atoms with Gasteiger partial charge in [0.25, 0.3) is 0 Å². The van der Waals surface area contributed by atoms with Gasteiger partial charge in [-0.25, -0.2) is 8.78 Å². The molecule has 0 bridgehead atoms. The van der Waals surface area contributed by atoms with Crippen LogP contribution in [-0.2, 0) is 10.2 Å². The molecule has 2 aromatic carbocycles. The van der Waals surface area contributed by atoms with Crippen LogP contribution in [0.1, 0.15) is 28.8 Å². The molecule has 0 atom stereocenters. The Balaban J connectivity index is 1.35. The number of nitrogens with zero attached hydrogens (tertiary/aromatic N) is 2. The fourth-order valence-electron chi connectivity index (χ4n) is 3.91. The Hall–Kier alpha value is -2.60. The average molecular weight is 384 g/mol. The van der Waals surface area contributed by atoms with Gasteiger partial charge in [0.05, 0.1) is 12.0 Å². The molecule has 0 spiro atoms. The van der Waals surface area contributed by atoms with Crippen molar-refractivity contribution in [3.8, 4) is 0 Å². The first kappa shape index (κ1) is 18.7. The van der Waals surface area contributed by atoms with E-state index in [0.717, 1.165) is 0 Å². The molecule has 146 valence electrons. The second-order valence-corrected chi connectivity index (χ2v) is 7.56. The summed E-state index contributed by atoms with van der Waals surface area (Å²) in [5, 5.41) is 0. The highest BCUT2D eigenvalue weighted by Crippen LogP contribution is 2.50. The lowest BCUT2D eigenvalue weighted by Gasteiger charge is -2.36. The number of amides is 1. The van der Waals surface area contributed by atoms with E-state index in [1.54, 1.807) is 23.1 Å². The maximum absolute atomic E-state index is 14.2. The zero-order valence-electron chi connectivity index (χ0n) is 15.5. The highest BCUT2D eigenvalue weighted by Gasteiger charge is 2.54. The quantitative estimate of drug-likeness (QED) is 0.744. The summed E-state index contributed by atoms with van der Waals surface area (Å²) in [4.78, 5) is 29.2. The summed E-state index contributed by atoms with van der Waals surface area (Å²) in [6.07, 6.45) is 1.35. The lowest BCUT2D eigenvalue weighted by molar-refractivity contribution is -0.135. The summed E-state index contributed by atoms with van der Waals surface area (Å²) >= 11 is 0. The normalized spacial score (nSPS) is 18.7. The summed E-state index contributed by atoms with van der Waals surface area (Å²) in [6, 6.07) is 12.1. The van der Waals surface area contributed by atoms with Crippen LogP contribution in [0.5, 0.6) is 0 Å². The Morgan fingerprint density at radius 2 is 1.54 bits per heavy atom. The van der Waals surface area contributed by atoms with Crippen LogP contribution < -0.4 is 0 Å². The molecular formula is C22H22F2N2O2. The molecule has 4 nitrogen and oxygen atoms in total. The van der Waals surface area contributed by atoms with Crippen molar-refractivity contribution in [3.63, 3.8) is 0 Å². The van der Waals surface area contributed by atoms with Gasteiger partial charge in [-0.2, -0.15) is 0 Å². The molecular weight excluding hydrogens is 362 g/mol. The standard InChI is InChI=1S/C22H22F2N2O2/c23-17-7-5-16(6-8-17)20(27)15-25-11-13-26(14-12-25)21(28)22(9-10-22)18-3-1-2-4-19(18)24/h1-8H,9-15H2. The lowest BCUT2D eigenvalue weighted by Crippen LogP contribution is -2.52. The minimum Gasteiger partial charge on any atom is -0.339 e. The first-order valence-corrected chi connectivity index (χ1v) is 9.55. The van der Waals surface area contributed by atoms with Gasteiger partial charge in [0.15, 0.2) is 5.78 Å². The molecule has 1 amide bonds. The molecule has 1 saturated heterocycles. The van der Waals surface area contributed by atoms with E-state index in [-0.39, 0.29) is 29.9 Å². The molecule has 0 aromatic heterocycles. The number of rotatable bonds is 5. The summed E-state index contributed by atoms with van der Waals surface area (Å²) in [6.45, 7) is 2.46. The number of piperazine rings is 1. The molecule has 1 aliphatic carbocycles. The number of ketones is 1. The highest BCUT2D eigenvalue weighted by molar-refractivity contribution is 5.97. The third kappa shape index (κ3) is 3.56. The number of Topliss-reactive ketones (excluding diaryl/α,β-unsaturated/α-hetero) is 1. The van der Waals surface area contributed by atoms with Crippen molar-refractivity contribution in [2.75, 3.05) is 32.7 Å². The average Bonchev–Trinajstić information content (AvgIpc) is 3.50. The van der Waals surface area contributed by atoms with Crippen molar-refractivity contribution >= 4 is 11.7 Å². The van der Waals surface area contributed by atoms with Crippen molar-refractivity contribution in [3.05, 3.63) is 71.3 Å². The first-order chi connectivity index (χ1) is 13.5. The predicted octanol–water partition coefficient (Wildman–Crippen LogP) is 3.02. The second-order valence-electron chi connectivity index (χ2n) is 7.56. The molecule has 0 N–H and O–H groups in total. The van der Waals surface area contributed by atoms with Crippen molar-refractivity contribution in [1.29, 1.82) is 0 Å². The number of hydrogen-bond donors (Lipinski definition) is 0. The third-order valence-electron chi connectivity index (χ3n) is 5.74. The second kappa shape index (κ2) is 7.43. The van der Waals surface area contributed by atoms with E-state index in [1.165, 1.54) is 30.3 Å². The van der Waals surface area contributed by atoms with Gasteiger partial charge in [0.2, 0.25) is 5.91 Å². The minimum atomic E-state index is -0.711. The number of halogens is 2. The Morgan fingerprint density at radius 3 is 2.14 bits per heavy atom. The molecule has 2 aromatic rings. The Bertz CT molecular complexity index is 886. The molecule has 28 heavy (non-hydrogen) atoms. The maximum Gasteiger partial charge on any atom is 0.233 e. The van der Waals surface area contributed by atoms with E-state index < -0.39 is 5.41 Å². The van der Waals surface area contributed by atoms with Crippen molar-refractivity contribution < 1.29 is 18.4 Å². The molecule has 1 saturated carbocycles.